The summed E-state index contributed by atoms with van der Waals surface area (Å²) in [6.45, 7) is 1.37. The largest absolute Gasteiger partial charge is 0.291 e. The Hall–Kier alpha value is -2.36. The van der Waals surface area contributed by atoms with Gasteiger partial charge in [0.05, 0.1) is 13.1 Å². The van der Waals surface area contributed by atoms with E-state index in [9.17, 15) is 0 Å². The number of nitrogens with zero attached hydrogens (tertiary/aromatic N) is 4. The van der Waals surface area contributed by atoms with E-state index in [1.807, 2.05) is 36.7 Å². The second-order valence-electron chi connectivity index (χ2n) is 3.63. The molecule has 0 aliphatic heterocycles. The van der Waals surface area contributed by atoms with Crippen molar-refractivity contribution in [2.24, 2.45) is 9.98 Å². The van der Waals surface area contributed by atoms with Gasteiger partial charge in [-0.25, -0.2) is 0 Å². The van der Waals surface area contributed by atoms with E-state index in [2.05, 4.69) is 20.0 Å². The average Bonchev–Trinajstić information content (AvgIpc) is 2.45. The van der Waals surface area contributed by atoms with E-state index in [1.54, 1.807) is 24.8 Å². The molecule has 0 bridgehead atoms. The molecule has 90 valence electrons. The van der Waals surface area contributed by atoms with Gasteiger partial charge < -0.3 is 0 Å². The molecule has 0 radical (unpaired) electrons. The molecule has 2 aromatic rings. The van der Waals surface area contributed by atoms with E-state index in [0.29, 0.717) is 13.1 Å². The van der Waals surface area contributed by atoms with Gasteiger partial charge in [-0.3, -0.25) is 20.0 Å². The Labute approximate surface area is 106 Å². The van der Waals surface area contributed by atoms with E-state index in [0.717, 1.165) is 11.1 Å². The van der Waals surface area contributed by atoms with E-state index >= 15 is 0 Å². The van der Waals surface area contributed by atoms with E-state index in [4.69, 9.17) is 0 Å². The molecule has 0 N–H and O–H groups in total. The highest BCUT2D eigenvalue weighted by molar-refractivity contribution is 5.79. The Morgan fingerprint density at radius 3 is 1.50 bits per heavy atom. The quantitative estimate of drug-likeness (QED) is 0.591. The summed E-state index contributed by atoms with van der Waals surface area (Å²) < 4.78 is 0. The molecule has 0 atom stereocenters. The number of pyridine rings is 2. The minimum absolute atomic E-state index is 0.684. The summed E-state index contributed by atoms with van der Waals surface area (Å²) >= 11 is 0. The van der Waals surface area contributed by atoms with Crippen LogP contribution in [0.15, 0.2) is 59.0 Å². The highest BCUT2D eigenvalue weighted by Crippen LogP contribution is 1.92. The summed E-state index contributed by atoms with van der Waals surface area (Å²) in [4.78, 5) is 16.5. The summed E-state index contributed by atoms with van der Waals surface area (Å²) in [5, 5.41) is 0. The first-order valence-corrected chi connectivity index (χ1v) is 5.75. The highest BCUT2D eigenvalue weighted by Gasteiger charge is 1.85. The normalized spacial score (nSPS) is 11.3. The lowest BCUT2D eigenvalue weighted by molar-refractivity contribution is 0.985. The zero-order valence-corrected chi connectivity index (χ0v) is 9.98. The second kappa shape index (κ2) is 7.06. The molecule has 0 aliphatic carbocycles. The minimum Gasteiger partial charge on any atom is -0.291 e. The van der Waals surface area contributed by atoms with Gasteiger partial charge in [-0.15, -0.1) is 0 Å². The summed E-state index contributed by atoms with van der Waals surface area (Å²) in [6.07, 6.45) is 10.7. The van der Waals surface area contributed by atoms with Crippen LogP contribution in [0.1, 0.15) is 11.1 Å². The molecule has 0 spiro atoms. The SMILES string of the molecule is C(=NCCN=Cc1ccncc1)c1ccncc1. The molecular formula is C14H14N4. The molecular weight excluding hydrogens is 224 g/mol. The van der Waals surface area contributed by atoms with Gasteiger partial charge in [0.2, 0.25) is 0 Å². The topological polar surface area (TPSA) is 50.5 Å². The zero-order valence-electron chi connectivity index (χ0n) is 9.98. The van der Waals surface area contributed by atoms with Crippen molar-refractivity contribution in [1.29, 1.82) is 0 Å². The van der Waals surface area contributed by atoms with Crippen LogP contribution < -0.4 is 0 Å². The van der Waals surface area contributed by atoms with Crippen LogP contribution in [0.25, 0.3) is 0 Å². The Morgan fingerprint density at radius 2 is 1.11 bits per heavy atom. The van der Waals surface area contributed by atoms with Gasteiger partial charge in [0.25, 0.3) is 0 Å². The van der Waals surface area contributed by atoms with Gasteiger partial charge in [0.15, 0.2) is 0 Å². The van der Waals surface area contributed by atoms with Gasteiger partial charge in [-0.05, 0) is 35.4 Å². The summed E-state index contributed by atoms with van der Waals surface area (Å²) in [6, 6.07) is 7.68. The van der Waals surface area contributed by atoms with Crippen molar-refractivity contribution in [3.05, 3.63) is 60.2 Å². The predicted octanol–water partition coefficient (Wildman–Crippen LogP) is 2.01. The molecule has 4 nitrogen and oxygen atoms in total. The molecule has 2 heterocycles. The summed E-state index contributed by atoms with van der Waals surface area (Å²) in [7, 11) is 0. The number of hydrogen-bond donors (Lipinski definition) is 0. The van der Waals surface area contributed by atoms with Crippen molar-refractivity contribution in [2.75, 3.05) is 13.1 Å². The molecule has 0 aliphatic rings. The fourth-order valence-corrected chi connectivity index (χ4v) is 1.35. The standard InChI is InChI=1S/C14H14N4/c1-5-15-6-2-13(1)11-17-9-10-18-12-14-3-7-16-8-4-14/h1-8,11-12H,9-10H2. The lowest BCUT2D eigenvalue weighted by Crippen LogP contribution is -1.90. The van der Waals surface area contributed by atoms with Gasteiger partial charge >= 0.3 is 0 Å². The van der Waals surface area contributed by atoms with Gasteiger partial charge in [0, 0.05) is 37.2 Å². The maximum atomic E-state index is 4.29. The molecule has 18 heavy (non-hydrogen) atoms. The molecule has 0 saturated carbocycles. The highest BCUT2D eigenvalue weighted by atomic mass is 14.8. The van der Waals surface area contributed by atoms with E-state index in [1.165, 1.54) is 0 Å². The van der Waals surface area contributed by atoms with Gasteiger partial charge in [-0.1, -0.05) is 0 Å². The number of hydrogen-bond acceptors (Lipinski definition) is 4. The lowest BCUT2D eigenvalue weighted by Gasteiger charge is -1.92. The first-order chi connectivity index (χ1) is 8.95. The first-order valence-electron chi connectivity index (χ1n) is 5.75. The van der Waals surface area contributed by atoms with Crippen molar-refractivity contribution < 1.29 is 0 Å². The van der Waals surface area contributed by atoms with Crippen LogP contribution in [-0.4, -0.2) is 35.5 Å². The zero-order chi connectivity index (χ0) is 12.5. The molecule has 2 aromatic heterocycles. The molecule has 4 heteroatoms. The second-order valence-corrected chi connectivity index (χ2v) is 3.63. The summed E-state index contributed by atoms with van der Waals surface area (Å²) in [5.74, 6) is 0. The van der Waals surface area contributed by atoms with Crippen LogP contribution in [-0.2, 0) is 0 Å². The van der Waals surface area contributed by atoms with Crippen LogP contribution in [0, 0.1) is 0 Å². The average molecular weight is 238 g/mol. The predicted molar refractivity (Wildman–Crippen MR) is 73.4 cm³/mol. The molecule has 0 aromatic carbocycles. The number of rotatable bonds is 5. The van der Waals surface area contributed by atoms with Crippen molar-refractivity contribution in [2.45, 2.75) is 0 Å². The first kappa shape index (κ1) is 12.1. The number of aliphatic imine (C=N–C) groups is 2. The van der Waals surface area contributed by atoms with Crippen LogP contribution in [0.5, 0.6) is 0 Å². The van der Waals surface area contributed by atoms with Gasteiger partial charge in [0.1, 0.15) is 0 Å². The van der Waals surface area contributed by atoms with Crippen LogP contribution in [0.4, 0.5) is 0 Å². The minimum atomic E-state index is 0.684. The van der Waals surface area contributed by atoms with Crippen molar-refractivity contribution in [1.82, 2.24) is 9.97 Å². The molecule has 0 amide bonds. The monoisotopic (exact) mass is 238 g/mol. The van der Waals surface area contributed by atoms with Crippen LogP contribution in [0.2, 0.25) is 0 Å². The molecule has 0 unspecified atom stereocenters. The van der Waals surface area contributed by atoms with Gasteiger partial charge in [-0.2, -0.15) is 0 Å². The van der Waals surface area contributed by atoms with Crippen LogP contribution in [0.3, 0.4) is 0 Å². The third-order valence-corrected chi connectivity index (χ3v) is 2.25. The van der Waals surface area contributed by atoms with E-state index in [-0.39, 0.29) is 0 Å². The maximum absolute atomic E-state index is 4.29. The Bertz CT molecular complexity index is 456. The smallest absolute Gasteiger partial charge is 0.0585 e. The third-order valence-electron chi connectivity index (χ3n) is 2.25. The molecule has 0 fully saturated rings. The number of aromatic nitrogens is 2. The van der Waals surface area contributed by atoms with E-state index < -0.39 is 0 Å². The van der Waals surface area contributed by atoms with Crippen molar-refractivity contribution in [3.63, 3.8) is 0 Å². The van der Waals surface area contributed by atoms with Crippen LogP contribution >= 0.6 is 0 Å². The lowest BCUT2D eigenvalue weighted by atomic mass is 10.3. The fourth-order valence-electron chi connectivity index (χ4n) is 1.35. The Balaban J connectivity index is 1.73. The Kier molecular flexibility index (Phi) is 4.75. The van der Waals surface area contributed by atoms with Crippen molar-refractivity contribution in [3.8, 4) is 0 Å². The van der Waals surface area contributed by atoms with Crippen molar-refractivity contribution >= 4 is 12.4 Å². The maximum Gasteiger partial charge on any atom is 0.0585 e. The summed E-state index contributed by atoms with van der Waals surface area (Å²) in [5.41, 5.74) is 2.12. The molecule has 2 rings (SSSR count). The fraction of sp³-hybridized carbons (Fsp3) is 0.143. The third kappa shape index (κ3) is 4.25. The Morgan fingerprint density at radius 1 is 0.722 bits per heavy atom. The molecule has 0 saturated heterocycles.